The van der Waals surface area contributed by atoms with Crippen molar-refractivity contribution in [2.45, 2.75) is 45.7 Å². The molecule has 0 spiro atoms. The molecule has 3 aromatic rings. The smallest absolute Gasteiger partial charge is 0.319 e. The van der Waals surface area contributed by atoms with Gasteiger partial charge in [-0.3, -0.25) is 14.4 Å². The van der Waals surface area contributed by atoms with Crippen LogP contribution in [0, 0.1) is 5.41 Å². The lowest BCUT2D eigenvalue weighted by Crippen LogP contribution is -2.52. The lowest BCUT2D eigenvalue weighted by Gasteiger charge is -2.41. The van der Waals surface area contributed by atoms with Gasteiger partial charge in [0, 0.05) is 64.0 Å². The number of aromatic nitrogens is 1. The lowest BCUT2D eigenvalue weighted by atomic mass is 9.79. The predicted molar refractivity (Wildman–Crippen MR) is 177 cm³/mol. The summed E-state index contributed by atoms with van der Waals surface area (Å²) in [5.74, 6) is -0.0396. The molecule has 1 aromatic heterocycles. The number of anilines is 2. The number of pyridine rings is 1. The highest BCUT2D eigenvalue weighted by molar-refractivity contribution is 5.96. The van der Waals surface area contributed by atoms with Crippen LogP contribution in [0.2, 0.25) is 0 Å². The van der Waals surface area contributed by atoms with E-state index in [4.69, 9.17) is 0 Å². The minimum atomic E-state index is -0.720. The molecule has 0 aliphatic carbocycles. The number of nitrogens with one attached hydrogen (secondary N) is 3. The van der Waals surface area contributed by atoms with Gasteiger partial charge in [-0.25, -0.2) is 9.78 Å². The van der Waals surface area contributed by atoms with Crippen LogP contribution in [0.15, 0.2) is 60.8 Å². The maximum atomic E-state index is 14.3. The van der Waals surface area contributed by atoms with Gasteiger partial charge in [-0.05, 0) is 65.9 Å². The van der Waals surface area contributed by atoms with E-state index < -0.39 is 5.41 Å². The minimum absolute atomic E-state index is 0.0681. The summed E-state index contributed by atoms with van der Waals surface area (Å²) < 4.78 is 0. The van der Waals surface area contributed by atoms with E-state index in [9.17, 15) is 19.2 Å². The Labute approximate surface area is 270 Å². The Morgan fingerprint density at radius 1 is 0.957 bits per heavy atom. The zero-order valence-electron chi connectivity index (χ0n) is 27.1. The van der Waals surface area contributed by atoms with Gasteiger partial charge in [0.05, 0.1) is 6.42 Å². The number of carbonyl (C=O) groups excluding carboxylic acids is 4. The fraction of sp³-hybridized carbons (Fsp3) is 0.400. The Bertz CT molecular complexity index is 1610. The van der Waals surface area contributed by atoms with Crippen molar-refractivity contribution in [2.24, 2.45) is 5.41 Å². The Morgan fingerprint density at radius 3 is 2.41 bits per heavy atom. The molecule has 2 aliphatic heterocycles. The molecule has 1 saturated heterocycles. The summed E-state index contributed by atoms with van der Waals surface area (Å²) in [6, 6.07) is 17.2. The molecule has 2 aliphatic rings. The zero-order chi connectivity index (χ0) is 32.8. The van der Waals surface area contributed by atoms with E-state index in [-0.39, 0.29) is 43.3 Å². The van der Waals surface area contributed by atoms with Gasteiger partial charge < -0.3 is 30.7 Å². The number of likely N-dealkylation sites (tertiary alicyclic amines) is 1. The van der Waals surface area contributed by atoms with Crippen LogP contribution in [0.1, 0.15) is 47.6 Å². The summed E-state index contributed by atoms with van der Waals surface area (Å²) in [5, 5.41) is 9.03. The van der Waals surface area contributed by atoms with Crippen molar-refractivity contribution >= 4 is 35.3 Å². The zero-order valence-corrected chi connectivity index (χ0v) is 27.1. The topological polar surface area (TPSA) is 127 Å². The fourth-order valence-corrected chi connectivity index (χ4v) is 6.21. The van der Waals surface area contributed by atoms with E-state index in [1.807, 2.05) is 68.6 Å². The molecular weight excluding hydrogens is 582 g/mol. The van der Waals surface area contributed by atoms with E-state index in [1.54, 1.807) is 35.0 Å². The summed E-state index contributed by atoms with van der Waals surface area (Å²) in [6.07, 6.45) is 3.44. The van der Waals surface area contributed by atoms with Crippen molar-refractivity contribution in [3.05, 3.63) is 88.6 Å². The molecule has 46 heavy (non-hydrogen) atoms. The van der Waals surface area contributed by atoms with Gasteiger partial charge >= 0.3 is 6.03 Å². The molecule has 0 bridgehead atoms. The number of hydrogen-bond acceptors (Lipinski definition) is 6. The van der Waals surface area contributed by atoms with Gasteiger partial charge in [0.25, 0.3) is 0 Å². The van der Waals surface area contributed by atoms with E-state index in [2.05, 4.69) is 20.9 Å². The molecule has 2 aromatic carbocycles. The first-order valence-electron chi connectivity index (χ1n) is 15.7. The molecule has 0 saturated carbocycles. The number of urea groups is 1. The summed E-state index contributed by atoms with van der Waals surface area (Å²) in [4.78, 5) is 62.4. The first kappa shape index (κ1) is 32.6. The average molecular weight is 626 g/mol. The van der Waals surface area contributed by atoms with Crippen molar-refractivity contribution in [1.82, 2.24) is 25.0 Å². The molecule has 0 radical (unpaired) electrons. The number of hydrogen-bond donors (Lipinski definition) is 3. The Kier molecular flexibility index (Phi) is 10.0. The molecule has 11 heteroatoms. The van der Waals surface area contributed by atoms with Crippen molar-refractivity contribution in [3.8, 4) is 0 Å². The first-order chi connectivity index (χ1) is 22.1. The van der Waals surface area contributed by atoms with Gasteiger partial charge in [-0.2, -0.15) is 0 Å². The maximum absolute atomic E-state index is 14.3. The van der Waals surface area contributed by atoms with Crippen LogP contribution in [-0.4, -0.2) is 84.2 Å². The molecular formula is C35H43N7O4. The molecule has 5 rings (SSSR count). The highest BCUT2D eigenvalue weighted by atomic mass is 16.2. The first-order valence-corrected chi connectivity index (χ1v) is 15.7. The second-order valence-electron chi connectivity index (χ2n) is 12.6. The second-order valence-corrected chi connectivity index (χ2v) is 12.6. The minimum Gasteiger partial charge on any atom is -0.331 e. The van der Waals surface area contributed by atoms with Gasteiger partial charge in [0.15, 0.2) is 0 Å². The van der Waals surface area contributed by atoms with Gasteiger partial charge in [0.1, 0.15) is 12.4 Å². The third-order valence-corrected chi connectivity index (χ3v) is 8.88. The molecule has 5 amide bonds. The molecule has 0 unspecified atom stereocenters. The van der Waals surface area contributed by atoms with E-state index in [0.717, 1.165) is 27.8 Å². The quantitative estimate of drug-likeness (QED) is 0.351. The van der Waals surface area contributed by atoms with Crippen molar-refractivity contribution in [2.75, 3.05) is 51.4 Å². The van der Waals surface area contributed by atoms with Crippen LogP contribution in [0.25, 0.3) is 0 Å². The van der Waals surface area contributed by atoms with Crippen LogP contribution < -0.4 is 16.0 Å². The Morgan fingerprint density at radius 2 is 1.70 bits per heavy atom. The summed E-state index contributed by atoms with van der Waals surface area (Å²) in [5.41, 5.74) is 4.60. The summed E-state index contributed by atoms with van der Waals surface area (Å²) in [7, 11) is 5.32. The fourth-order valence-electron chi connectivity index (χ4n) is 6.21. The van der Waals surface area contributed by atoms with Crippen molar-refractivity contribution < 1.29 is 19.2 Å². The molecule has 3 N–H and O–H groups in total. The van der Waals surface area contributed by atoms with E-state index in [1.165, 1.54) is 0 Å². The molecule has 0 atom stereocenters. The number of fused-ring (bicyclic) bond motifs is 2. The predicted octanol–water partition coefficient (Wildman–Crippen LogP) is 3.64. The van der Waals surface area contributed by atoms with Gasteiger partial charge in [0.2, 0.25) is 17.7 Å². The highest BCUT2D eigenvalue weighted by Gasteiger charge is 2.41. The standard InChI is InChI=1S/C35H43N7O4/c1-35(13-16-41(17-14-35)34(46)40(3)4)33(45)42(22-27-9-6-5-8-26(27)21-36-2)23-31(44)38-29-12-11-24-18-25-10-7-15-37-32(25)39-30(43)20-28(24)19-29/h5-12,15,19,36H,13-14,16-18,20-23H2,1-4H3,(H,38,44)(H,37,39,43). The lowest BCUT2D eigenvalue weighted by molar-refractivity contribution is -0.146. The van der Waals surface area contributed by atoms with Crippen molar-refractivity contribution in [1.29, 1.82) is 0 Å². The number of carbonyl (C=O) groups is 4. The van der Waals surface area contributed by atoms with E-state index >= 15 is 0 Å². The largest absolute Gasteiger partial charge is 0.331 e. The van der Waals surface area contributed by atoms with Crippen LogP contribution in [0.4, 0.5) is 16.3 Å². The third-order valence-electron chi connectivity index (χ3n) is 8.88. The third kappa shape index (κ3) is 7.54. The van der Waals surface area contributed by atoms with Gasteiger partial charge in [-0.1, -0.05) is 43.3 Å². The SMILES string of the molecule is CNCc1ccccc1CN(CC(=O)Nc1ccc2c(c1)CC(=O)Nc1ncccc1C2)C(=O)C1(C)CCN(C(=O)N(C)C)CC1. The van der Waals surface area contributed by atoms with Crippen LogP contribution in [-0.2, 0) is 40.3 Å². The number of benzene rings is 2. The Hall–Kier alpha value is -4.77. The van der Waals surface area contributed by atoms with Crippen LogP contribution >= 0.6 is 0 Å². The molecule has 11 nitrogen and oxygen atoms in total. The van der Waals surface area contributed by atoms with Crippen molar-refractivity contribution in [3.63, 3.8) is 0 Å². The maximum Gasteiger partial charge on any atom is 0.319 e. The van der Waals surface area contributed by atoms with Crippen LogP contribution in [0.3, 0.4) is 0 Å². The Balaban J connectivity index is 1.35. The average Bonchev–Trinajstić information content (AvgIpc) is 3.02. The van der Waals surface area contributed by atoms with Gasteiger partial charge in [-0.15, -0.1) is 0 Å². The monoisotopic (exact) mass is 625 g/mol. The van der Waals surface area contributed by atoms with Crippen LogP contribution in [0.5, 0.6) is 0 Å². The second kappa shape index (κ2) is 14.1. The van der Waals surface area contributed by atoms with E-state index in [0.29, 0.717) is 50.4 Å². The number of nitrogens with zero attached hydrogens (tertiary/aromatic N) is 4. The summed E-state index contributed by atoms with van der Waals surface area (Å²) >= 11 is 0. The normalized spacial score (nSPS) is 15.4. The molecule has 3 heterocycles. The molecule has 1 fully saturated rings. The number of rotatable bonds is 8. The number of piperidine rings is 1. The molecule has 242 valence electrons. The highest BCUT2D eigenvalue weighted by Crippen LogP contribution is 2.34. The number of amides is 5. The summed E-state index contributed by atoms with van der Waals surface area (Å²) in [6.45, 7) is 3.65.